The van der Waals surface area contributed by atoms with Crippen LogP contribution in [-0.2, 0) is 16.6 Å². The van der Waals surface area contributed by atoms with Gasteiger partial charge in [0.2, 0.25) is 0 Å². The van der Waals surface area contributed by atoms with Crippen LogP contribution in [0, 0.1) is 11.3 Å². The summed E-state index contributed by atoms with van der Waals surface area (Å²) in [6.45, 7) is 0.871. The van der Waals surface area contributed by atoms with E-state index in [1.165, 1.54) is 11.9 Å². The third-order valence-corrected chi connectivity index (χ3v) is 4.83. The number of nitrogens with one attached hydrogen (secondary N) is 1. The molecule has 2 fully saturated rings. The van der Waals surface area contributed by atoms with Gasteiger partial charge >= 0.3 is 11.7 Å². The number of aromatic amines is 1. The largest absolute Gasteiger partial charge is 0.481 e. The van der Waals surface area contributed by atoms with Crippen molar-refractivity contribution in [2.75, 3.05) is 26.3 Å². The summed E-state index contributed by atoms with van der Waals surface area (Å²) in [6, 6.07) is 0. The summed E-state index contributed by atoms with van der Waals surface area (Å²) in [6.07, 6.45) is 1.42. The number of carbonyl (C=O) groups is 2. The van der Waals surface area contributed by atoms with Crippen LogP contribution >= 0.6 is 0 Å². The Kier molecular flexibility index (Phi) is 3.59. The number of carboxylic acid groups (broad SMARTS) is 1. The summed E-state index contributed by atoms with van der Waals surface area (Å²) in [7, 11) is 1.27. The number of amides is 1. The van der Waals surface area contributed by atoms with Crippen molar-refractivity contribution in [3.63, 3.8) is 0 Å². The number of aromatic nitrogens is 2. The van der Waals surface area contributed by atoms with Crippen molar-refractivity contribution in [3.05, 3.63) is 32.6 Å². The fourth-order valence-corrected chi connectivity index (χ4v) is 3.34. The van der Waals surface area contributed by atoms with Crippen molar-refractivity contribution in [2.24, 2.45) is 18.4 Å². The van der Waals surface area contributed by atoms with Gasteiger partial charge in [0, 0.05) is 38.9 Å². The molecule has 2 aliphatic rings. The first-order valence-electron chi connectivity index (χ1n) is 7.26. The summed E-state index contributed by atoms with van der Waals surface area (Å²) in [4.78, 5) is 51.4. The molecule has 9 nitrogen and oxygen atoms in total. The van der Waals surface area contributed by atoms with Crippen LogP contribution in [0.25, 0.3) is 0 Å². The molecule has 1 aromatic heterocycles. The number of H-pyrrole nitrogens is 1. The number of carboxylic acids is 1. The summed E-state index contributed by atoms with van der Waals surface area (Å²) >= 11 is 0. The average molecular weight is 323 g/mol. The zero-order valence-electron chi connectivity index (χ0n) is 12.6. The summed E-state index contributed by atoms with van der Waals surface area (Å²) in [5.41, 5.74) is -2.51. The topological polar surface area (TPSA) is 122 Å². The molecule has 0 aliphatic carbocycles. The van der Waals surface area contributed by atoms with Crippen LogP contribution in [-0.4, -0.2) is 57.7 Å². The molecular weight excluding hydrogens is 306 g/mol. The van der Waals surface area contributed by atoms with Gasteiger partial charge in [-0.2, -0.15) is 0 Å². The van der Waals surface area contributed by atoms with Crippen molar-refractivity contribution >= 4 is 11.9 Å². The number of carbonyl (C=O) groups excluding carboxylic acids is 1. The Morgan fingerprint density at radius 2 is 2.17 bits per heavy atom. The highest BCUT2D eigenvalue weighted by molar-refractivity contribution is 5.94. The Hall–Kier alpha value is -2.42. The number of ether oxygens (including phenoxy) is 1. The van der Waals surface area contributed by atoms with Crippen LogP contribution in [0.2, 0.25) is 0 Å². The number of nitrogens with zero attached hydrogens (tertiary/aromatic N) is 2. The molecule has 0 saturated carbocycles. The first kappa shape index (κ1) is 15.5. The monoisotopic (exact) mass is 323 g/mol. The summed E-state index contributed by atoms with van der Waals surface area (Å²) in [5, 5.41) is 9.60. The van der Waals surface area contributed by atoms with Gasteiger partial charge in [0.15, 0.2) is 0 Å². The molecule has 3 rings (SSSR count). The lowest BCUT2D eigenvalue weighted by Crippen LogP contribution is -2.45. The highest BCUT2D eigenvalue weighted by Crippen LogP contribution is 2.42. The maximum atomic E-state index is 12.6. The summed E-state index contributed by atoms with van der Waals surface area (Å²) < 4.78 is 6.15. The van der Waals surface area contributed by atoms with Crippen LogP contribution in [0.1, 0.15) is 16.8 Å². The maximum Gasteiger partial charge on any atom is 0.328 e. The Morgan fingerprint density at radius 3 is 2.83 bits per heavy atom. The normalized spacial score (nSPS) is 26.8. The molecule has 23 heavy (non-hydrogen) atoms. The van der Waals surface area contributed by atoms with Gasteiger partial charge in [0.1, 0.15) is 5.56 Å². The number of rotatable bonds is 2. The zero-order chi connectivity index (χ0) is 16.8. The molecule has 2 atom stereocenters. The average Bonchev–Trinajstić information content (AvgIpc) is 2.93. The van der Waals surface area contributed by atoms with Gasteiger partial charge in [-0.1, -0.05) is 0 Å². The SMILES string of the molecule is Cn1c(=O)[nH]cc(C(=O)N2C[C@H]3COCC[C@@]3(C(=O)O)C2)c1=O. The molecule has 9 heteroatoms. The van der Waals surface area contributed by atoms with Gasteiger partial charge in [-0.3, -0.25) is 19.0 Å². The molecule has 1 amide bonds. The number of hydrogen-bond donors (Lipinski definition) is 2. The lowest BCUT2D eigenvalue weighted by atomic mass is 9.74. The molecule has 2 saturated heterocycles. The van der Waals surface area contributed by atoms with Gasteiger partial charge in [-0.15, -0.1) is 0 Å². The van der Waals surface area contributed by atoms with Gasteiger partial charge in [-0.05, 0) is 6.42 Å². The minimum absolute atomic E-state index is 0.0392. The molecule has 3 heterocycles. The van der Waals surface area contributed by atoms with E-state index in [0.29, 0.717) is 13.0 Å². The van der Waals surface area contributed by atoms with E-state index >= 15 is 0 Å². The second-order valence-corrected chi connectivity index (χ2v) is 6.04. The van der Waals surface area contributed by atoms with Crippen LogP contribution in [0.15, 0.2) is 15.8 Å². The molecule has 0 bridgehead atoms. The van der Waals surface area contributed by atoms with Crippen molar-refractivity contribution in [1.82, 2.24) is 14.5 Å². The van der Waals surface area contributed by atoms with Crippen LogP contribution < -0.4 is 11.2 Å². The molecule has 0 aromatic carbocycles. The van der Waals surface area contributed by atoms with Crippen molar-refractivity contribution in [3.8, 4) is 0 Å². The van der Waals surface area contributed by atoms with Gasteiger partial charge in [0.25, 0.3) is 11.5 Å². The second-order valence-electron chi connectivity index (χ2n) is 6.04. The minimum Gasteiger partial charge on any atom is -0.481 e. The fraction of sp³-hybridized carbons (Fsp3) is 0.571. The molecule has 0 unspecified atom stereocenters. The predicted octanol–water partition coefficient (Wildman–Crippen LogP) is -1.36. The Bertz CT molecular complexity index is 781. The number of aliphatic carboxylic acids is 1. The lowest BCUT2D eigenvalue weighted by molar-refractivity contribution is -0.157. The third-order valence-electron chi connectivity index (χ3n) is 4.83. The van der Waals surface area contributed by atoms with Crippen molar-refractivity contribution < 1.29 is 19.4 Å². The van der Waals surface area contributed by atoms with Crippen molar-refractivity contribution in [1.29, 1.82) is 0 Å². The number of likely N-dealkylation sites (tertiary alicyclic amines) is 1. The van der Waals surface area contributed by atoms with E-state index in [9.17, 15) is 24.3 Å². The zero-order valence-corrected chi connectivity index (χ0v) is 12.6. The molecule has 2 N–H and O–H groups in total. The molecule has 2 aliphatic heterocycles. The standard InChI is InChI=1S/C14H17N3O6/c1-16-10(18)9(4-15-13(16)22)11(19)17-5-8-6-23-3-2-14(8,7-17)12(20)21/h4,8H,2-3,5-7H2,1H3,(H,15,22)(H,20,21)/t8-,14+/m0/s1. The summed E-state index contributed by atoms with van der Waals surface area (Å²) in [5.74, 6) is -1.82. The van der Waals surface area contributed by atoms with E-state index in [1.807, 2.05) is 0 Å². The van der Waals surface area contributed by atoms with E-state index in [0.717, 1.165) is 10.8 Å². The maximum absolute atomic E-state index is 12.6. The Balaban J connectivity index is 1.93. The van der Waals surface area contributed by atoms with E-state index in [1.54, 1.807) is 0 Å². The smallest absolute Gasteiger partial charge is 0.328 e. The predicted molar refractivity (Wildman–Crippen MR) is 77.2 cm³/mol. The van der Waals surface area contributed by atoms with E-state index in [-0.39, 0.29) is 31.2 Å². The molecular formula is C14H17N3O6. The van der Waals surface area contributed by atoms with Crippen LogP contribution in [0.3, 0.4) is 0 Å². The minimum atomic E-state index is -1.03. The van der Waals surface area contributed by atoms with Gasteiger partial charge in [-0.25, -0.2) is 4.79 Å². The quantitative estimate of drug-likeness (QED) is 0.693. The van der Waals surface area contributed by atoms with E-state index in [4.69, 9.17) is 4.74 Å². The number of hydrogen-bond acceptors (Lipinski definition) is 5. The highest BCUT2D eigenvalue weighted by atomic mass is 16.5. The lowest BCUT2D eigenvalue weighted by Gasteiger charge is -2.33. The first-order valence-corrected chi connectivity index (χ1v) is 7.26. The molecule has 0 spiro atoms. The molecule has 1 aromatic rings. The molecule has 124 valence electrons. The van der Waals surface area contributed by atoms with E-state index in [2.05, 4.69) is 4.98 Å². The highest BCUT2D eigenvalue weighted by Gasteiger charge is 2.55. The number of fused-ring (bicyclic) bond motifs is 1. The second kappa shape index (κ2) is 5.34. The fourth-order valence-electron chi connectivity index (χ4n) is 3.34. The van der Waals surface area contributed by atoms with E-state index < -0.39 is 28.5 Å². The van der Waals surface area contributed by atoms with Crippen LogP contribution in [0.4, 0.5) is 0 Å². The Labute approximate surface area is 130 Å². The Morgan fingerprint density at radius 1 is 1.43 bits per heavy atom. The van der Waals surface area contributed by atoms with Crippen LogP contribution in [0.5, 0.6) is 0 Å². The third kappa shape index (κ3) is 2.27. The van der Waals surface area contributed by atoms with Crippen molar-refractivity contribution in [2.45, 2.75) is 6.42 Å². The van der Waals surface area contributed by atoms with Gasteiger partial charge in [0.05, 0.1) is 12.0 Å². The molecule has 0 radical (unpaired) electrons. The van der Waals surface area contributed by atoms with Gasteiger partial charge < -0.3 is 19.7 Å². The first-order chi connectivity index (χ1) is 10.9.